The molecule has 0 unspecified atom stereocenters. The lowest BCUT2D eigenvalue weighted by Crippen LogP contribution is -2.19. The molecule has 0 saturated carbocycles. The van der Waals surface area contributed by atoms with Crippen molar-refractivity contribution >= 4 is 69.5 Å². The Morgan fingerprint density at radius 1 is 1.10 bits per heavy atom. The maximum absolute atomic E-state index is 12.9. The molecule has 0 radical (unpaired) electrons. The summed E-state index contributed by atoms with van der Waals surface area (Å²) in [5.41, 5.74) is 1.05. The van der Waals surface area contributed by atoms with Crippen molar-refractivity contribution in [3.63, 3.8) is 0 Å². The third kappa shape index (κ3) is 5.28. The quantitative estimate of drug-likeness (QED) is 0.408. The molecule has 0 aliphatic carbocycles. The molecule has 7 nitrogen and oxygen atoms in total. The molecule has 0 aliphatic rings. The number of amides is 2. The first kappa shape index (κ1) is 23.3. The van der Waals surface area contributed by atoms with E-state index in [-0.39, 0.29) is 22.0 Å². The molecule has 0 aliphatic heterocycles. The van der Waals surface area contributed by atoms with Crippen LogP contribution in [0.2, 0.25) is 15.1 Å². The molecule has 1 aromatic carbocycles. The highest BCUT2D eigenvalue weighted by Crippen LogP contribution is 2.37. The normalized spacial score (nSPS) is 10.6. The number of aromatic nitrogens is 1. The summed E-state index contributed by atoms with van der Waals surface area (Å²) in [6.45, 7) is 0.519. The van der Waals surface area contributed by atoms with Crippen LogP contribution in [0.5, 0.6) is 5.75 Å². The topological polar surface area (TPSA) is 92.4 Å². The summed E-state index contributed by atoms with van der Waals surface area (Å²) in [4.78, 5) is 30.2. The molecule has 0 atom stereocenters. The molecule has 162 valence electrons. The number of hydrogen-bond donors (Lipinski definition) is 3. The van der Waals surface area contributed by atoms with Crippen LogP contribution in [0, 0.1) is 0 Å². The van der Waals surface area contributed by atoms with Crippen molar-refractivity contribution in [3.05, 3.63) is 66.9 Å². The van der Waals surface area contributed by atoms with Gasteiger partial charge in [-0.05, 0) is 42.3 Å². The van der Waals surface area contributed by atoms with Crippen molar-refractivity contribution in [3.8, 4) is 5.75 Å². The summed E-state index contributed by atoms with van der Waals surface area (Å²) in [6, 6.07) is 6.13. The van der Waals surface area contributed by atoms with Crippen LogP contribution in [-0.2, 0) is 6.54 Å². The number of carbonyl (C=O) groups is 2. The Balaban J connectivity index is 1.94. The number of halogens is 3. The van der Waals surface area contributed by atoms with Gasteiger partial charge in [0.15, 0.2) is 5.75 Å². The Hall–Kier alpha value is -2.36. The summed E-state index contributed by atoms with van der Waals surface area (Å²) < 4.78 is 5.34. The summed E-state index contributed by atoms with van der Waals surface area (Å²) in [5, 5.41) is 11.2. The lowest BCUT2D eigenvalue weighted by molar-refractivity contribution is 0.102. The van der Waals surface area contributed by atoms with E-state index in [0.717, 1.165) is 5.56 Å². The average Bonchev–Trinajstić information content (AvgIpc) is 3.10. The first-order valence-electron chi connectivity index (χ1n) is 8.87. The van der Waals surface area contributed by atoms with E-state index >= 15 is 0 Å². The fourth-order valence-electron chi connectivity index (χ4n) is 2.72. The van der Waals surface area contributed by atoms with Crippen molar-refractivity contribution in [2.45, 2.75) is 6.54 Å². The van der Waals surface area contributed by atoms with Crippen LogP contribution in [0.1, 0.15) is 25.6 Å². The predicted octanol–water partition coefficient (Wildman–Crippen LogP) is 5.34. The van der Waals surface area contributed by atoms with E-state index in [1.54, 1.807) is 24.6 Å². The van der Waals surface area contributed by atoms with E-state index in [2.05, 4.69) is 20.9 Å². The molecule has 0 spiro atoms. The molecular weight excluding hydrogens is 483 g/mol. The van der Waals surface area contributed by atoms with Gasteiger partial charge in [0.05, 0.1) is 33.4 Å². The summed E-state index contributed by atoms with van der Waals surface area (Å²) in [6.07, 6.45) is 1.41. The van der Waals surface area contributed by atoms with Gasteiger partial charge in [0, 0.05) is 12.7 Å². The second-order valence-corrected chi connectivity index (χ2v) is 8.31. The Kier molecular flexibility index (Phi) is 7.74. The van der Waals surface area contributed by atoms with Crippen molar-refractivity contribution in [1.29, 1.82) is 0 Å². The molecule has 31 heavy (non-hydrogen) atoms. The van der Waals surface area contributed by atoms with Crippen LogP contribution in [0.3, 0.4) is 0 Å². The van der Waals surface area contributed by atoms with Crippen LogP contribution < -0.4 is 20.7 Å². The largest absolute Gasteiger partial charge is 0.493 e. The van der Waals surface area contributed by atoms with E-state index < -0.39 is 11.8 Å². The second-order valence-electron chi connectivity index (χ2n) is 6.21. The highest BCUT2D eigenvalue weighted by molar-refractivity contribution is 7.13. The SMILES string of the molecule is CNCc1csc(C(=O)Nc2c(C(=O)Nc3ccc(Cl)cn3)ccc(Cl)c2OC)c1Cl. The van der Waals surface area contributed by atoms with E-state index in [1.165, 1.54) is 36.8 Å². The predicted molar refractivity (Wildman–Crippen MR) is 125 cm³/mol. The van der Waals surface area contributed by atoms with Gasteiger partial charge in [-0.2, -0.15) is 0 Å². The number of thiophene rings is 1. The zero-order chi connectivity index (χ0) is 22.5. The standard InChI is InChI=1S/C20H17Cl3N4O3S/c1-24-7-10-9-31-18(15(10)23)20(29)27-16-12(4-5-13(22)17(16)30-2)19(28)26-14-6-3-11(21)8-25-14/h3-6,8-9,24H,7H2,1-2H3,(H,27,29)(H,25,26,28). The number of anilines is 2. The monoisotopic (exact) mass is 498 g/mol. The van der Waals surface area contributed by atoms with Crippen molar-refractivity contribution in [2.24, 2.45) is 0 Å². The van der Waals surface area contributed by atoms with E-state index in [4.69, 9.17) is 39.5 Å². The van der Waals surface area contributed by atoms with Gasteiger partial charge >= 0.3 is 0 Å². The first-order valence-corrected chi connectivity index (χ1v) is 10.9. The van der Waals surface area contributed by atoms with Crippen molar-refractivity contribution < 1.29 is 14.3 Å². The summed E-state index contributed by atoms with van der Waals surface area (Å²) in [7, 11) is 3.17. The fraction of sp³-hybridized carbons (Fsp3) is 0.150. The maximum atomic E-state index is 12.9. The van der Waals surface area contributed by atoms with Gasteiger partial charge in [0.25, 0.3) is 11.8 Å². The molecule has 2 amide bonds. The van der Waals surface area contributed by atoms with Gasteiger partial charge in [-0.3, -0.25) is 9.59 Å². The highest BCUT2D eigenvalue weighted by Gasteiger charge is 2.24. The number of benzene rings is 1. The molecule has 11 heteroatoms. The van der Waals surface area contributed by atoms with Crippen LogP contribution in [0.25, 0.3) is 0 Å². The van der Waals surface area contributed by atoms with E-state index in [9.17, 15) is 9.59 Å². The lowest BCUT2D eigenvalue weighted by atomic mass is 10.1. The van der Waals surface area contributed by atoms with Gasteiger partial charge in [0.2, 0.25) is 0 Å². The lowest BCUT2D eigenvalue weighted by Gasteiger charge is -2.16. The Morgan fingerprint density at radius 2 is 1.87 bits per heavy atom. The third-order valence-corrected chi connectivity index (χ3v) is 6.23. The number of ether oxygens (including phenoxy) is 1. The number of pyridine rings is 1. The van der Waals surface area contributed by atoms with Crippen LogP contribution >= 0.6 is 46.1 Å². The number of hydrogen-bond acceptors (Lipinski definition) is 6. The molecule has 3 rings (SSSR count). The fourth-order valence-corrected chi connectivity index (χ4v) is 4.32. The molecule has 3 N–H and O–H groups in total. The molecule has 2 aromatic heterocycles. The number of carbonyl (C=O) groups excluding carboxylic acids is 2. The zero-order valence-corrected chi connectivity index (χ0v) is 19.5. The molecule has 2 heterocycles. The van der Waals surface area contributed by atoms with Gasteiger partial charge in [0.1, 0.15) is 10.7 Å². The minimum absolute atomic E-state index is 0.117. The van der Waals surface area contributed by atoms with Crippen LogP contribution in [-0.4, -0.2) is 31.0 Å². The smallest absolute Gasteiger partial charge is 0.267 e. The van der Waals surface area contributed by atoms with E-state index in [1.807, 2.05) is 0 Å². The molecular formula is C20H17Cl3N4O3S. The number of rotatable bonds is 7. The molecule has 3 aromatic rings. The minimum atomic E-state index is -0.520. The van der Waals surface area contributed by atoms with Gasteiger partial charge in [-0.25, -0.2) is 4.98 Å². The first-order chi connectivity index (χ1) is 14.8. The molecule has 0 bridgehead atoms. The van der Waals surface area contributed by atoms with Crippen LogP contribution in [0.15, 0.2) is 35.8 Å². The highest BCUT2D eigenvalue weighted by atomic mass is 35.5. The minimum Gasteiger partial charge on any atom is -0.493 e. The Labute approximate surface area is 197 Å². The Bertz CT molecular complexity index is 1120. The van der Waals surface area contributed by atoms with Crippen molar-refractivity contribution in [1.82, 2.24) is 10.3 Å². The maximum Gasteiger partial charge on any atom is 0.267 e. The number of nitrogens with zero attached hydrogens (tertiary/aromatic N) is 1. The number of methoxy groups -OCH3 is 1. The second kappa shape index (κ2) is 10.3. The number of nitrogens with one attached hydrogen (secondary N) is 3. The van der Waals surface area contributed by atoms with Crippen molar-refractivity contribution in [2.75, 3.05) is 24.8 Å². The van der Waals surface area contributed by atoms with Gasteiger partial charge < -0.3 is 20.7 Å². The average molecular weight is 500 g/mol. The molecule has 0 saturated heterocycles. The zero-order valence-electron chi connectivity index (χ0n) is 16.4. The van der Waals surface area contributed by atoms with Gasteiger partial charge in [-0.1, -0.05) is 34.8 Å². The molecule has 0 fully saturated rings. The van der Waals surface area contributed by atoms with E-state index in [0.29, 0.717) is 27.3 Å². The van der Waals surface area contributed by atoms with Gasteiger partial charge in [-0.15, -0.1) is 11.3 Å². The summed E-state index contributed by atoms with van der Waals surface area (Å²) >= 11 is 19.6. The van der Waals surface area contributed by atoms with Crippen LogP contribution in [0.4, 0.5) is 11.5 Å². The summed E-state index contributed by atoms with van der Waals surface area (Å²) in [5.74, 6) is -0.571. The Morgan fingerprint density at radius 3 is 2.52 bits per heavy atom. The third-order valence-electron chi connectivity index (χ3n) is 4.14.